The van der Waals surface area contributed by atoms with Crippen LogP contribution in [0.5, 0.6) is 0 Å². The number of nitrogens with one attached hydrogen (secondary N) is 2. The van der Waals surface area contributed by atoms with Crippen LogP contribution >= 0.6 is 0 Å². The fourth-order valence-electron chi connectivity index (χ4n) is 3.92. The summed E-state index contributed by atoms with van der Waals surface area (Å²) in [6, 6.07) is 11.3. The summed E-state index contributed by atoms with van der Waals surface area (Å²) in [5.74, 6) is -1.97. The van der Waals surface area contributed by atoms with Crippen molar-refractivity contribution in [1.82, 2.24) is 15.6 Å². The number of halogens is 2. The smallest absolute Gasteiger partial charge is 0.253 e. The summed E-state index contributed by atoms with van der Waals surface area (Å²) in [5.41, 5.74) is 12.0. The Morgan fingerprint density at radius 2 is 1.94 bits per heavy atom. The van der Waals surface area contributed by atoms with Gasteiger partial charge in [-0.05, 0) is 49.4 Å². The Balaban J connectivity index is 1.66. The second-order valence-electron chi connectivity index (χ2n) is 8.30. The minimum atomic E-state index is -0.801. The third-order valence-electron chi connectivity index (χ3n) is 5.89. The number of aliphatic imine (C=N–C) groups is 1. The Hall–Kier alpha value is -3.84. The maximum Gasteiger partial charge on any atom is 0.253 e. The van der Waals surface area contributed by atoms with Crippen LogP contribution in [0.2, 0.25) is 0 Å². The van der Waals surface area contributed by atoms with Gasteiger partial charge in [0.2, 0.25) is 5.95 Å². The number of aromatic nitrogens is 1. The minimum Gasteiger partial charge on any atom is -0.384 e. The van der Waals surface area contributed by atoms with Gasteiger partial charge < -0.3 is 22.1 Å². The SMILES string of the molecule is N#CCC1(N/C=C(/C(N)=O)C(N)=Nc2ccnc(F)c2)CCC(NCc2ccc(F)cc2)CC1. The molecular weight excluding hydrogens is 440 g/mol. The summed E-state index contributed by atoms with van der Waals surface area (Å²) in [5, 5.41) is 16.1. The van der Waals surface area contributed by atoms with Crippen molar-refractivity contribution in [2.75, 3.05) is 0 Å². The molecule has 0 radical (unpaired) electrons. The Morgan fingerprint density at radius 1 is 1.24 bits per heavy atom. The highest BCUT2D eigenvalue weighted by molar-refractivity contribution is 6.20. The monoisotopic (exact) mass is 467 g/mol. The lowest BCUT2D eigenvalue weighted by molar-refractivity contribution is -0.114. The first-order valence-corrected chi connectivity index (χ1v) is 10.9. The fraction of sp³-hybridized carbons (Fsp3) is 0.333. The van der Waals surface area contributed by atoms with Gasteiger partial charge in [-0.25, -0.2) is 14.4 Å². The van der Waals surface area contributed by atoms with Gasteiger partial charge in [-0.15, -0.1) is 0 Å². The predicted octanol–water partition coefficient (Wildman–Crippen LogP) is 2.69. The van der Waals surface area contributed by atoms with Gasteiger partial charge in [0.25, 0.3) is 5.91 Å². The van der Waals surface area contributed by atoms with Gasteiger partial charge in [0, 0.05) is 36.6 Å². The first-order valence-electron chi connectivity index (χ1n) is 10.9. The number of hydrogen-bond acceptors (Lipinski definition) is 6. The van der Waals surface area contributed by atoms with Crippen LogP contribution in [0.1, 0.15) is 37.7 Å². The maximum absolute atomic E-state index is 13.3. The van der Waals surface area contributed by atoms with Crippen molar-refractivity contribution < 1.29 is 13.6 Å². The third kappa shape index (κ3) is 6.83. The van der Waals surface area contributed by atoms with Gasteiger partial charge in [0.1, 0.15) is 11.7 Å². The lowest BCUT2D eigenvalue weighted by atomic mass is 9.77. The molecule has 1 aromatic carbocycles. The molecule has 8 nitrogen and oxygen atoms in total. The highest BCUT2D eigenvalue weighted by atomic mass is 19.1. The highest BCUT2D eigenvalue weighted by Gasteiger charge is 2.34. The van der Waals surface area contributed by atoms with E-state index in [0.29, 0.717) is 19.4 Å². The number of carbonyl (C=O) groups is 1. The molecule has 0 unspecified atom stereocenters. The van der Waals surface area contributed by atoms with Crippen LogP contribution in [0, 0.1) is 23.1 Å². The summed E-state index contributed by atoms with van der Waals surface area (Å²) in [6.45, 7) is 0.623. The number of amides is 1. The van der Waals surface area contributed by atoms with E-state index in [4.69, 9.17) is 11.5 Å². The summed E-state index contributed by atoms with van der Waals surface area (Å²) < 4.78 is 26.4. The largest absolute Gasteiger partial charge is 0.384 e. The first kappa shape index (κ1) is 24.8. The van der Waals surface area contributed by atoms with E-state index in [1.54, 1.807) is 12.1 Å². The van der Waals surface area contributed by atoms with Crippen molar-refractivity contribution >= 4 is 17.4 Å². The van der Waals surface area contributed by atoms with Gasteiger partial charge >= 0.3 is 0 Å². The molecule has 0 aliphatic heterocycles. The van der Waals surface area contributed by atoms with E-state index in [1.165, 1.54) is 30.6 Å². The summed E-state index contributed by atoms with van der Waals surface area (Å²) in [4.78, 5) is 19.5. The first-order chi connectivity index (χ1) is 16.3. The molecule has 1 fully saturated rings. The quantitative estimate of drug-likeness (QED) is 0.193. The molecule has 10 heteroatoms. The topological polar surface area (TPSA) is 142 Å². The van der Waals surface area contributed by atoms with Gasteiger partial charge in [-0.3, -0.25) is 4.79 Å². The molecule has 1 aliphatic rings. The van der Waals surface area contributed by atoms with Crippen LogP contribution in [0.3, 0.4) is 0 Å². The van der Waals surface area contributed by atoms with Gasteiger partial charge in [-0.2, -0.15) is 9.65 Å². The molecule has 1 aromatic heterocycles. The van der Waals surface area contributed by atoms with Crippen molar-refractivity contribution in [3.8, 4) is 6.07 Å². The maximum atomic E-state index is 13.3. The molecular formula is C24H27F2N7O. The van der Waals surface area contributed by atoms with Crippen molar-refractivity contribution in [3.63, 3.8) is 0 Å². The van der Waals surface area contributed by atoms with Crippen LogP contribution in [0.15, 0.2) is 59.4 Å². The van der Waals surface area contributed by atoms with E-state index in [1.807, 2.05) is 0 Å². The molecule has 3 rings (SSSR count). The second kappa shape index (κ2) is 11.3. The number of nitrogens with zero attached hydrogens (tertiary/aromatic N) is 3. The molecule has 0 atom stereocenters. The minimum absolute atomic E-state index is 0.0638. The third-order valence-corrected chi connectivity index (χ3v) is 5.89. The Morgan fingerprint density at radius 3 is 2.56 bits per heavy atom. The number of nitrogens with two attached hydrogens (primary N) is 2. The number of carbonyl (C=O) groups excluding carboxylic acids is 1. The number of hydrogen-bond donors (Lipinski definition) is 4. The van der Waals surface area contributed by atoms with Crippen LogP contribution in [-0.2, 0) is 11.3 Å². The molecule has 1 saturated carbocycles. The van der Waals surface area contributed by atoms with E-state index >= 15 is 0 Å². The zero-order valence-electron chi connectivity index (χ0n) is 18.6. The number of primary amides is 1. The molecule has 0 spiro atoms. The van der Waals surface area contributed by atoms with Crippen molar-refractivity contribution in [2.45, 2.75) is 50.2 Å². The molecule has 0 bridgehead atoms. The normalized spacial score (nSPS) is 21.0. The van der Waals surface area contributed by atoms with Crippen LogP contribution in [0.4, 0.5) is 14.5 Å². The fourth-order valence-corrected chi connectivity index (χ4v) is 3.92. The Kier molecular flexibility index (Phi) is 8.27. The van der Waals surface area contributed by atoms with Gasteiger partial charge in [0.15, 0.2) is 0 Å². The Labute approximate surface area is 196 Å². The summed E-state index contributed by atoms with van der Waals surface area (Å²) in [6.07, 6.45) is 5.81. The number of benzene rings is 1. The molecule has 2 aromatic rings. The van der Waals surface area contributed by atoms with Gasteiger partial charge in [-0.1, -0.05) is 12.1 Å². The second-order valence-corrected chi connectivity index (χ2v) is 8.30. The average Bonchev–Trinajstić information content (AvgIpc) is 2.80. The molecule has 1 aliphatic carbocycles. The number of rotatable bonds is 9. The van der Waals surface area contributed by atoms with E-state index in [9.17, 15) is 18.8 Å². The Bertz CT molecular complexity index is 1100. The standard InChI is InChI=1S/C24H27F2N7O/c25-17-3-1-16(2-4-17)14-31-18-5-8-24(9-6-18,10-11-27)32-15-20(23(29)34)22(28)33-19-7-12-30-21(26)13-19/h1-4,7,12-13,15,18,31-32H,5-6,8-10,14H2,(H2,29,34)(H2,28,30,33)/b20-15+. The number of amidine groups is 1. The number of nitriles is 1. The molecule has 34 heavy (non-hydrogen) atoms. The summed E-state index contributed by atoms with van der Waals surface area (Å²) >= 11 is 0. The molecule has 6 N–H and O–H groups in total. The number of pyridine rings is 1. The van der Waals surface area contributed by atoms with Crippen LogP contribution in [-0.4, -0.2) is 28.3 Å². The van der Waals surface area contributed by atoms with Gasteiger partial charge in [0.05, 0.1) is 23.8 Å². The van der Waals surface area contributed by atoms with Crippen molar-refractivity contribution in [1.29, 1.82) is 5.26 Å². The van der Waals surface area contributed by atoms with E-state index in [2.05, 4.69) is 26.7 Å². The lowest BCUT2D eigenvalue weighted by Gasteiger charge is -2.39. The van der Waals surface area contributed by atoms with Crippen LogP contribution < -0.4 is 22.1 Å². The zero-order valence-corrected chi connectivity index (χ0v) is 18.6. The zero-order chi connectivity index (χ0) is 24.6. The highest BCUT2D eigenvalue weighted by Crippen LogP contribution is 2.31. The predicted molar refractivity (Wildman–Crippen MR) is 124 cm³/mol. The van der Waals surface area contributed by atoms with Crippen molar-refractivity contribution in [2.24, 2.45) is 16.5 Å². The van der Waals surface area contributed by atoms with E-state index in [0.717, 1.165) is 24.5 Å². The molecule has 1 heterocycles. The van der Waals surface area contributed by atoms with Crippen molar-refractivity contribution in [3.05, 3.63) is 71.7 Å². The average molecular weight is 468 g/mol. The summed E-state index contributed by atoms with van der Waals surface area (Å²) in [7, 11) is 0. The van der Waals surface area contributed by atoms with Crippen LogP contribution in [0.25, 0.3) is 0 Å². The molecule has 0 saturated heterocycles. The lowest BCUT2D eigenvalue weighted by Crippen LogP contribution is -2.49. The van der Waals surface area contributed by atoms with E-state index in [-0.39, 0.29) is 35.4 Å². The molecule has 1 amide bonds. The molecule has 178 valence electrons. The van der Waals surface area contributed by atoms with E-state index < -0.39 is 17.4 Å².